The zero-order valence-electron chi connectivity index (χ0n) is 11.4. The molecule has 0 bridgehead atoms. The number of aryl methyl sites for hydroxylation is 3. The van der Waals surface area contributed by atoms with Crippen molar-refractivity contribution >= 4 is 17.7 Å². The normalized spacial score (nSPS) is 10.9. The zero-order valence-corrected chi connectivity index (χ0v) is 11.4. The lowest BCUT2D eigenvalue weighted by atomic mass is 10.1. The molecule has 0 unspecified atom stereocenters. The molecule has 1 aromatic heterocycles. The summed E-state index contributed by atoms with van der Waals surface area (Å²) in [6, 6.07) is 9.53. The number of carbonyl (C=O) groups is 1. The van der Waals surface area contributed by atoms with Crippen molar-refractivity contribution in [2.75, 3.05) is 5.32 Å². The molecule has 0 aliphatic rings. The van der Waals surface area contributed by atoms with Crippen LogP contribution in [0.5, 0.6) is 0 Å². The van der Waals surface area contributed by atoms with E-state index in [0.717, 1.165) is 17.0 Å². The highest BCUT2D eigenvalue weighted by atomic mass is 16.3. The van der Waals surface area contributed by atoms with Crippen molar-refractivity contribution in [3.05, 3.63) is 59.1 Å². The van der Waals surface area contributed by atoms with Gasteiger partial charge in [0.1, 0.15) is 11.5 Å². The molecule has 0 radical (unpaired) electrons. The zero-order chi connectivity index (χ0) is 13.8. The van der Waals surface area contributed by atoms with Crippen LogP contribution in [0.25, 0.3) is 6.08 Å². The van der Waals surface area contributed by atoms with E-state index in [2.05, 4.69) is 5.32 Å². The topological polar surface area (TPSA) is 42.2 Å². The predicted molar refractivity (Wildman–Crippen MR) is 77.0 cm³/mol. The molecule has 1 aromatic carbocycles. The summed E-state index contributed by atoms with van der Waals surface area (Å²) in [5.74, 6) is 1.33. The first-order valence-electron chi connectivity index (χ1n) is 6.17. The number of rotatable bonds is 3. The molecule has 0 aliphatic carbocycles. The number of nitrogens with one attached hydrogen (secondary N) is 1. The Morgan fingerprint density at radius 2 is 1.89 bits per heavy atom. The molecule has 0 fully saturated rings. The van der Waals surface area contributed by atoms with Crippen LogP contribution in [0.3, 0.4) is 0 Å². The smallest absolute Gasteiger partial charge is 0.248 e. The van der Waals surface area contributed by atoms with Gasteiger partial charge in [-0.05, 0) is 62.2 Å². The summed E-state index contributed by atoms with van der Waals surface area (Å²) in [6.45, 7) is 5.93. The lowest BCUT2D eigenvalue weighted by molar-refractivity contribution is -0.111. The first kappa shape index (κ1) is 13.1. The second-order valence-corrected chi connectivity index (χ2v) is 4.57. The molecule has 0 aliphatic heterocycles. The fraction of sp³-hybridized carbons (Fsp3) is 0.188. The number of hydrogen-bond donors (Lipinski definition) is 1. The third kappa shape index (κ3) is 3.58. The molecule has 1 heterocycles. The maximum absolute atomic E-state index is 11.7. The van der Waals surface area contributed by atoms with E-state index in [-0.39, 0.29) is 5.91 Å². The van der Waals surface area contributed by atoms with E-state index in [4.69, 9.17) is 4.42 Å². The summed E-state index contributed by atoms with van der Waals surface area (Å²) in [7, 11) is 0. The Kier molecular flexibility index (Phi) is 3.85. The largest absolute Gasteiger partial charge is 0.462 e. The average molecular weight is 255 g/mol. The standard InChI is InChI=1S/C16H17NO2/c1-11-4-6-14(10-12(11)2)17-16(18)9-8-15-7-5-13(3)19-15/h4-10H,1-3H3,(H,17,18). The molecule has 1 amide bonds. The van der Waals surface area contributed by atoms with Gasteiger partial charge in [0.25, 0.3) is 0 Å². The molecule has 2 rings (SSSR count). The van der Waals surface area contributed by atoms with Crippen molar-refractivity contribution in [3.63, 3.8) is 0 Å². The van der Waals surface area contributed by atoms with E-state index in [1.54, 1.807) is 6.08 Å². The van der Waals surface area contributed by atoms with Crippen molar-refractivity contribution in [1.82, 2.24) is 0 Å². The Balaban J connectivity index is 2.01. The van der Waals surface area contributed by atoms with Crippen LogP contribution < -0.4 is 5.32 Å². The molecule has 19 heavy (non-hydrogen) atoms. The van der Waals surface area contributed by atoms with Gasteiger partial charge in [-0.3, -0.25) is 4.79 Å². The molecule has 0 saturated heterocycles. The minimum atomic E-state index is -0.169. The van der Waals surface area contributed by atoms with Crippen LogP contribution in [0.1, 0.15) is 22.6 Å². The van der Waals surface area contributed by atoms with Crippen molar-refractivity contribution in [2.45, 2.75) is 20.8 Å². The van der Waals surface area contributed by atoms with E-state index in [1.165, 1.54) is 11.6 Å². The number of amides is 1. The Morgan fingerprint density at radius 1 is 1.11 bits per heavy atom. The van der Waals surface area contributed by atoms with Crippen molar-refractivity contribution in [2.24, 2.45) is 0 Å². The number of hydrogen-bond acceptors (Lipinski definition) is 2. The van der Waals surface area contributed by atoms with Crippen molar-refractivity contribution < 1.29 is 9.21 Å². The van der Waals surface area contributed by atoms with Gasteiger partial charge in [-0.1, -0.05) is 6.07 Å². The minimum Gasteiger partial charge on any atom is -0.462 e. The van der Waals surface area contributed by atoms with Gasteiger partial charge < -0.3 is 9.73 Å². The molecule has 98 valence electrons. The molecule has 3 nitrogen and oxygen atoms in total. The number of anilines is 1. The maximum atomic E-state index is 11.7. The Hall–Kier alpha value is -2.29. The van der Waals surface area contributed by atoms with E-state index in [0.29, 0.717) is 5.76 Å². The summed E-state index contributed by atoms with van der Waals surface area (Å²) in [5, 5.41) is 2.82. The Morgan fingerprint density at radius 3 is 2.53 bits per heavy atom. The summed E-state index contributed by atoms with van der Waals surface area (Å²) in [6.07, 6.45) is 3.12. The molecule has 0 saturated carbocycles. The quantitative estimate of drug-likeness (QED) is 0.846. The summed E-state index contributed by atoms with van der Waals surface area (Å²) >= 11 is 0. The first-order valence-corrected chi connectivity index (χ1v) is 6.17. The molecule has 0 atom stereocenters. The monoisotopic (exact) mass is 255 g/mol. The second-order valence-electron chi connectivity index (χ2n) is 4.57. The van der Waals surface area contributed by atoms with Crippen LogP contribution in [0, 0.1) is 20.8 Å². The highest BCUT2D eigenvalue weighted by Gasteiger charge is 2.00. The Bertz CT molecular complexity index is 623. The highest BCUT2D eigenvalue weighted by molar-refractivity contribution is 6.01. The van der Waals surface area contributed by atoms with Crippen LogP contribution >= 0.6 is 0 Å². The van der Waals surface area contributed by atoms with Crippen LogP contribution in [0.15, 0.2) is 40.8 Å². The van der Waals surface area contributed by atoms with Gasteiger partial charge in [-0.15, -0.1) is 0 Å². The van der Waals surface area contributed by atoms with Gasteiger partial charge in [0, 0.05) is 11.8 Å². The third-order valence-electron chi connectivity index (χ3n) is 2.93. The highest BCUT2D eigenvalue weighted by Crippen LogP contribution is 2.14. The third-order valence-corrected chi connectivity index (χ3v) is 2.93. The average Bonchev–Trinajstić information content (AvgIpc) is 2.77. The predicted octanol–water partition coefficient (Wildman–Crippen LogP) is 3.86. The fourth-order valence-electron chi connectivity index (χ4n) is 1.70. The van der Waals surface area contributed by atoms with E-state index < -0.39 is 0 Å². The molecule has 1 N–H and O–H groups in total. The van der Waals surface area contributed by atoms with E-state index in [9.17, 15) is 4.79 Å². The minimum absolute atomic E-state index is 0.169. The van der Waals surface area contributed by atoms with Crippen LogP contribution in [-0.2, 0) is 4.79 Å². The fourth-order valence-corrected chi connectivity index (χ4v) is 1.70. The lowest BCUT2D eigenvalue weighted by Crippen LogP contribution is -2.07. The second kappa shape index (κ2) is 5.57. The summed E-state index contributed by atoms with van der Waals surface area (Å²) in [5.41, 5.74) is 3.16. The molecular weight excluding hydrogens is 238 g/mol. The molecule has 3 heteroatoms. The van der Waals surface area contributed by atoms with Crippen molar-refractivity contribution in [3.8, 4) is 0 Å². The van der Waals surface area contributed by atoms with Gasteiger partial charge in [0.05, 0.1) is 0 Å². The van der Waals surface area contributed by atoms with E-state index in [1.807, 2.05) is 51.1 Å². The van der Waals surface area contributed by atoms with Crippen LogP contribution in [-0.4, -0.2) is 5.91 Å². The lowest BCUT2D eigenvalue weighted by Gasteiger charge is -2.05. The maximum Gasteiger partial charge on any atom is 0.248 e. The number of carbonyl (C=O) groups excluding carboxylic acids is 1. The van der Waals surface area contributed by atoms with Gasteiger partial charge in [-0.25, -0.2) is 0 Å². The van der Waals surface area contributed by atoms with Crippen molar-refractivity contribution in [1.29, 1.82) is 0 Å². The molecule has 0 spiro atoms. The first-order chi connectivity index (χ1) is 9.04. The van der Waals surface area contributed by atoms with Gasteiger partial charge >= 0.3 is 0 Å². The summed E-state index contributed by atoms with van der Waals surface area (Å²) in [4.78, 5) is 11.7. The number of benzene rings is 1. The van der Waals surface area contributed by atoms with Crippen LogP contribution in [0.4, 0.5) is 5.69 Å². The van der Waals surface area contributed by atoms with Gasteiger partial charge in [-0.2, -0.15) is 0 Å². The molecular formula is C16H17NO2. The molecule has 2 aromatic rings. The summed E-state index contributed by atoms with van der Waals surface area (Å²) < 4.78 is 5.35. The SMILES string of the molecule is Cc1ccc(C=CC(=O)Nc2ccc(C)c(C)c2)o1. The van der Waals surface area contributed by atoms with Gasteiger partial charge in [0.15, 0.2) is 0 Å². The number of furan rings is 1. The van der Waals surface area contributed by atoms with E-state index >= 15 is 0 Å². The van der Waals surface area contributed by atoms with Crippen LogP contribution in [0.2, 0.25) is 0 Å². The Labute approximate surface area is 112 Å². The van der Waals surface area contributed by atoms with Gasteiger partial charge in [0.2, 0.25) is 5.91 Å².